The highest BCUT2D eigenvalue weighted by Gasteiger charge is 1.57. The van der Waals surface area contributed by atoms with Gasteiger partial charge in [0.2, 0.25) is 0 Å². The maximum Gasteiger partial charge on any atom is 0.0714 e. The lowest BCUT2D eigenvalue weighted by molar-refractivity contribution is 1.54. The molecule has 0 aliphatic heterocycles. The molecule has 8 heavy (non-hydrogen) atoms. The van der Waals surface area contributed by atoms with Crippen LogP contribution in [0.3, 0.4) is 0 Å². The third-order valence-electron chi connectivity index (χ3n) is 0.505. The van der Waals surface area contributed by atoms with Crippen molar-refractivity contribution >= 4 is 0 Å². The fourth-order valence-electron chi connectivity index (χ4n) is 0.228. The Morgan fingerprint density at radius 3 is 2.50 bits per heavy atom. The first-order chi connectivity index (χ1) is 3.91. The predicted molar refractivity (Wildman–Crippen MR) is 34.3 cm³/mol. The summed E-state index contributed by atoms with van der Waals surface area (Å²) in [5, 5.41) is 2.49. The summed E-state index contributed by atoms with van der Waals surface area (Å²) in [5.41, 5.74) is 0. The van der Waals surface area contributed by atoms with Gasteiger partial charge in [0.05, 0.1) is 6.20 Å². The summed E-state index contributed by atoms with van der Waals surface area (Å²) >= 11 is 0. The molecule has 2 nitrogen and oxygen atoms in total. The SMILES string of the molecule is C=C/C=C\C=C\N=O. The van der Waals surface area contributed by atoms with Crippen molar-refractivity contribution in [2.24, 2.45) is 5.18 Å². The third-order valence-corrected chi connectivity index (χ3v) is 0.505. The molecule has 0 atom stereocenters. The number of hydrogen-bond acceptors (Lipinski definition) is 2. The van der Waals surface area contributed by atoms with Crippen LogP contribution in [0.4, 0.5) is 0 Å². The van der Waals surface area contributed by atoms with E-state index in [9.17, 15) is 4.91 Å². The molecule has 0 aliphatic carbocycles. The summed E-state index contributed by atoms with van der Waals surface area (Å²) in [6.07, 6.45) is 7.71. The Labute approximate surface area is 48.2 Å². The van der Waals surface area contributed by atoms with Crippen molar-refractivity contribution in [2.45, 2.75) is 0 Å². The molecule has 0 bridgehead atoms. The van der Waals surface area contributed by atoms with Gasteiger partial charge < -0.3 is 0 Å². The summed E-state index contributed by atoms with van der Waals surface area (Å²) in [7, 11) is 0. The van der Waals surface area contributed by atoms with Gasteiger partial charge in [-0.1, -0.05) is 24.8 Å². The van der Waals surface area contributed by atoms with Gasteiger partial charge >= 0.3 is 0 Å². The van der Waals surface area contributed by atoms with Crippen molar-refractivity contribution in [2.75, 3.05) is 0 Å². The zero-order chi connectivity index (χ0) is 6.24. The largest absolute Gasteiger partial charge is 0.145 e. The highest BCUT2D eigenvalue weighted by Crippen LogP contribution is 1.76. The zero-order valence-corrected chi connectivity index (χ0v) is 4.45. The average Bonchev–Trinajstić information content (AvgIpc) is 1.81. The van der Waals surface area contributed by atoms with Gasteiger partial charge in [0, 0.05) is 0 Å². The van der Waals surface area contributed by atoms with E-state index in [4.69, 9.17) is 0 Å². The van der Waals surface area contributed by atoms with Crippen molar-refractivity contribution in [3.8, 4) is 0 Å². The monoisotopic (exact) mass is 109 g/mol. The van der Waals surface area contributed by atoms with Crippen LogP contribution in [0, 0.1) is 4.91 Å². The number of nitrogens with zero attached hydrogens (tertiary/aromatic N) is 1. The Hall–Kier alpha value is -1.18. The van der Waals surface area contributed by atoms with Crippen molar-refractivity contribution in [3.05, 3.63) is 42.0 Å². The van der Waals surface area contributed by atoms with E-state index in [0.29, 0.717) is 0 Å². The van der Waals surface area contributed by atoms with Crippen LogP contribution < -0.4 is 0 Å². The van der Waals surface area contributed by atoms with Crippen LogP contribution in [0.2, 0.25) is 0 Å². The maximum atomic E-state index is 9.37. The van der Waals surface area contributed by atoms with Gasteiger partial charge in [-0.2, -0.15) is 0 Å². The molecule has 0 heterocycles. The molecule has 0 spiro atoms. The summed E-state index contributed by atoms with van der Waals surface area (Å²) < 4.78 is 0. The van der Waals surface area contributed by atoms with E-state index >= 15 is 0 Å². The Morgan fingerprint density at radius 1 is 1.25 bits per heavy atom. The zero-order valence-electron chi connectivity index (χ0n) is 4.45. The lowest BCUT2D eigenvalue weighted by Crippen LogP contribution is -1.45. The number of hydrogen-bond donors (Lipinski definition) is 0. The van der Waals surface area contributed by atoms with Crippen LogP contribution >= 0.6 is 0 Å². The predicted octanol–water partition coefficient (Wildman–Crippen LogP) is 2.01. The summed E-state index contributed by atoms with van der Waals surface area (Å²) in [6.45, 7) is 3.43. The van der Waals surface area contributed by atoms with E-state index in [2.05, 4.69) is 11.8 Å². The molecule has 0 aromatic carbocycles. The smallest absolute Gasteiger partial charge is 0.0714 e. The molecule has 0 aromatic heterocycles. The Kier molecular flexibility index (Phi) is 4.96. The molecule has 0 N–H and O–H groups in total. The number of rotatable bonds is 3. The molecule has 0 rings (SSSR count). The van der Waals surface area contributed by atoms with Crippen LogP contribution in [-0.2, 0) is 0 Å². The highest BCUT2D eigenvalue weighted by atomic mass is 16.2. The minimum absolute atomic E-state index is 1.17. The number of nitroso groups, excluding NO2 is 1. The molecule has 2 heteroatoms. The standard InChI is InChI=1S/C6H7NO/c1-2-3-4-5-6-7-8/h2-6H,1H2/b4-3-,6-5+. The van der Waals surface area contributed by atoms with Crippen molar-refractivity contribution in [1.82, 2.24) is 0 Å². The molecular weight excluding hydrogens is 102 g/mol. The van der Waals surface area contributed by atoms with E-state index in [-0.39, 0.29) is 0 Å². The first kappa shape index (κ1) is 6.82. The van der Waals surface area contributed by atoms with Crippen molar-refractivity contribution < 1.29 is 0 Å². The topological polar surface area (TPSA) is 29.4 Å². The van der Waals surface area contributed by atoms with E-state index in [1.165, 1.54) is 12.3 Å². The lowest BCUT2D eigenvalue weighted by atomic mass is 10.5. The van der Waals surface area contributed by atoms with Crippen LogP contribution in [-0.4, -0.2) is 0 Å². The quantitative estimate of drug-likeness (QED) is 0.402. The Morgan fingerprint density at radius 2 is 2.00 bits per heavy atom. The van der Waals surface area contributed by atoms with Gasteiger partial charge in [0.25, 0.3) is 0 Å². The van der Waals surface area contributed by atoms with E-state index in [1.54, 1.807) is 18.2 Å². The minimum atomic E-state index is 1.17. The van der Waals surface area contributed by atoms with Gasteiger partial charge in [-0.05, 0) is 11.3 Å². The Bertz CT molecular complexity index is 108. The summed E-state index contributed by atoms with van der Waals surface area (Å²) in [4.78, 5) is 9.37. The molecule has 0 saturated carbocycles. The molecular formula is C6H7NO. The van der Waals surface area contributed by atoms with E-state index < -0.39 is 0 Å². The van der Waals surface area contributed by atoms with Gasteiger partial charge in [-0.25, -0.2) is 0 Å². The molecule has 0 unspecified atom stereocenters. The summed E-state index contributed by atoms with van der Waals surface area (Å²) in [5.74, 6) is 0. The molecule has 0 fully saturated rings. The van der Waals surface area contributed by atoms with Crippen LogP contribution in [0.1, 0.15) is 0 Å². The average molecular weight is 109 g/mol. The molecule has 0 radical (unpaired) electrons. The van der Waals surface area contributed by atoms with Crippen LogP contribution in [0.5, 0.6) is 0 Å². The molecule has 0 aromatic rings. The molecule has 0 saturated heterocycles. The van der Waals surface area contributed by atoms with Crippen molar-refractivity contribution in [1.29, 1.82) is 0 Å². The molecule has 0 aliphatic rings. The first-order valence-electron chi connectivity index (χ1n) is 2.18. The van der Waals surface area contributed by atoms with E-state index in [1.807, 2.05) is 0 Å². The normalized spacial score (nSPS) is 10.5. The van der Waals surface area contributed by atoms with Crippen LogP contribution in [0.25, 0.3) is 0 Å². The second-order valence-electron chi connectivity index (χ2n) is 1.07. The first-order valence-corrected chi connectivity index (χ1v) is 2.18. The third kappa shape index (κ3) is 4.82. The second kappa shape index (κ2) is 5.82. The van der Waals surface area contributed by atoms with Gasteiger partial charge in [-0.15, -0.1) is 4.91 Å². The number of allylic oxidation sites excluding steroid dienone is 4. The highest BCUT2D eigenvalue weighted by molar-refractivity contribution is 5.08. The van der Waals surface area contributed by atoms with Gasteiger partial charge in [0.15, 0.2) is 0 Å². The van der Waals surface area contributed by atoms with Gasteiger partial charge in [-0.3, -0.25) is 0 Å². The van der Waals surface area contributed by atoms with Crippen LogP contribution in [0.15, 0.2) is 42.3 Å². The fourth-order valence-corrected chi connectivity index (χ4v) is 0.228. The molecule has 0 amide bonds. The fraction of sp³-hybridized carbons (Fsp3) is 0. The molecule has 42 valence electrons. The maximum absolute atomic E-state index is 9.37. The Balaban J connectivity index is 3.41. The van der Waals surface area contributed by atoms with Crippen molar-refractivity contribution in [3.63, 3.8) is 0 Å². The van der Waals surface area contributed by atoms with Gasteiger partial charge in [0.1, 0.15) is 0 Å². The lowest BCUT2D eigenvalue weighted by Gasteiger charge is -1.64. The summed E-state index contributed by atoms with van der Waals surface area (Å²) in [6, 6.07) is 0. The second-order valence-corrected chi connectivity index (χ2v) is 1.07. The minimum Gasteiger partial charge on any atom is -0.145 e. The van der Waals surface area contributed by atoms with E-state index in [0.717, 1.165) is 0 Å².